The van der Waals surface area contributed by atoms with E-state index in [0.717, 1.165) is 9.87 Å². The fourth-order valence-corrected chi connectivity index (χ4v) is 3.36. The van der Waals surface area contributed by atoms with Crippen molar-refractivity contribution in [2.45, 2.75) is 11.8 Å². The van der Waals surface area contributed by atoms with Crippen molar-refractivity contribution in [2.75, 3.05) is 18.5 Å². The molecule has 21 heavy (non-hydrogen) atoms. The van der Waals surface area contributed by atoms with Crippen molar-refractivity contribution in [1.82, 2.24) is 0 Å². The second-order valence-corrected chi connectivity index (χ2v) is 6.54. The molecule has 2 rings (SSSR count). The molecule has 0 unspecified atom stereocenters. The van der Waals surface area contributed by atoms with Crippen LogP contribution in [0.4, 0.5) is 10.1 Å². The van der Waals surface area contributed by atoms with Gasteiger partial charge in [-0.1, -0.05) is 6.07 Å². The van der Waals surface area contributed by atoms with Crippen molar-refractivity contribution >= 4 is 15.7 Å². The van der Waals surface area contributed by atoms with E-state index >= 15 is 0 Å². The molecule has 2 aromatic carbocycles. The lowest BCUT2D eigenvalue weighted by Gasteiger charge is -2.21. The van der Waals surface area contributed by atoms with Crippen molar-refractivity contribution in [3.63, 3.8) is 0 Å². The second kappa shape index (κ2) is 5.73. The average molecular weight is 309 g/mol. The minimum atomic E-state index is -3.78. The van der Waals surface area contributed by atoms with E-state index in [0.29, 0.717) is 5.69 Å². The topological polar surface area (TPSA) is 46.6 Å². The van der Waals surface area contributed by atoms with Crippen LogP contribution in [0.25, 0.3) is 0 Å². The summed E-state index contributed by atoms with van der Waals surface area (Å²) in [6.45, 7) is 1.80. The highest BCUT2D eigenvalue weighted by molar-refractivity contribution is 7.92. The Hall–Kier alpha value is -2.08. The minimum absolute atomic E-state index is 0.0804. The Balaban J connectivity index is 2.51. The summed E-state index contributed by atoms with van der Waals surface area (Å²) in [7, 11) is -0.945. The molecule has 112 valence electrons. The van der Waals surface area contributed by atoms with E-state index < -0.39 is 15.8 Å². The van der Waals surface area contributed by atoms with Gasteiger partial charge in [0.2, 0.25) is 0 Å². The maximum Gasteiger partial charge on any atom is 0.267 e. The zero-order chi connectivity index (χ0) is 15.6. The highest BCUT2D eigenvalue weighted by Crippen LogP contribution is 2.29. The second-order valence-electron chi connectivity index (χ2n) is 4.60. The Morgan fingerprint density at radius 1 is 1.10 bits per heavy atom. The number of hydrogen-bond acceptors (Lipinski definition) is 3. The Bertz CT molecular complexity index is 742. The third-order valence-electron chi connectivity index (χ3n) is 3.15. The Morgan fingerprint density at radius 2 is 1.71 bits per heavy atom. The molecule has 2 aromatic rings. The van der Waals surface area contributed by atoms with Gasteiger partial charge in [0.15, 0.2) is 0 Å². The number of anilines is 1. The molecule has 0 heterocycles. The summed E-state index contributed by atoms with van der Waals surface area (Å²) in [4.78, 5) is 0.0804. The smallest absolute Gasteiger partial charge is 0.267 e. The molecule has 0 radical (unpaired) electrons. The van der Waals surface area contributed by atoms with Gasteiger partial charge in [-0.05, 0) is 48.9 Å². The lowest BCUT2D eigenvalue weighted by Crippen LogP contribution is -2.27. The van der Waals surface area contributed by atoms with Gasteiger partial charge in [-0.25, -0.2) is 12.8 Å². The average Bonchev–Trinajstić information content (AvgIpc) is 2.47. The maximum absolute atomic E-state index is 13.0. The largest absolute Gasteiger partial charge is 0.495 e. The van der Waals surface area contributed by atoms with Gasteiger partial charge < -0.3 is 4.74 Å². The summed E-state index contributed by atoms with van der Waals surface area (Å²) in [6, 6.07) is 10.2. The molecule has 4 nitrogen and oxygen atoms in total. The van der Waals surface area contributed by atoms with E-state index in [9.17, 15) is 12.8 Å². The first-order chi connectivity index (χ1) is 9.86. The van der Waals surface area contributed by atoms with E-state index in [2.05, 4.69) is 0 Å². The Morgan fingerprint density at radius 3 is 2.29 bits per heavy atom. The summed E-state index contributed by atoms with van der Waals surface area (Å²) in [5, 5.41) is 0. The predicted octanol–water partition coefficient (Wildman–Crippen LogP) is 2.97. The first kappa shape index (κ1) is 15.3. The number of ether oxygens (including phenoxy) is 1. The molecule has 0 atom stereocenters. The van der Waals surface area contributed by atoms with Crippen molar-refractivity contribution in [1.29, 1.82) is 0 Å². The quantitative estimate of drug-likeness (QED) is 0.872. The van der Waals surface area contributed by atoms with Crippen LogP contribution in [-0.4, -0.2) is 22.6 Å². The maximum atomic E-state index is 13.0. The molecule has 0 bridgehead atoms. The van der Waals surface area contributed by atoms with Crippen molar-refractivity contribution in [3.8, 4) is 5.75 Å². The number of halogens is 1. The number of benzene rings is 2. The molecule has 0 aliphatic heterocycles. The van der Waals surface area contributed by atoms with Crippen LogP contribution in [0.15, 0.2) is 47.4 Å². The number of aryl methyl sites for hydroxylation is 1. The van der Waals surface area contributed by atoms with Crippen molar-refractivity contribution in [3.05, 3.63) is 53.8 Å². The van der Waals surface area contributed by atoms with Crippen LogP contribution in [0.3, 0.4) is 0 Å². The first-order valence-electron chi connectivity index (χ1n) is 6.25. The fourth-order valence-electron chi connectivity index (χ4n) is 1.92. The number of nitrogens with zero attached hydrogens (tertiary/aromatic N) is 1. The molecule has 0 spiro atoms. The summed E-state index contributed by atoms with van der Waals surface area (Å²) >= 11 is 0. The van der Waals surface area contributed by atoms with Crippen LogP contribution >= 0.6 is 0 Å². The van der Waals surface area contributed by atoms with Crippen LogP contribution in [-0.2, 0) is 10.0 Å². The molecule has 0 N–H and O–H groups in total. The molecule has 0 aromatic heterocycles. The van der Waals surface area contributed by atoms with E-state index in [1.54, 1.807) is 25.1 Å². The lowest BCUT2D eigenvalue weighted by atomic mass is 10.2. The Labute approximate surface area is 123 Å². The van der Waals surface area contributed by atoms with E-state index in [-0.39, 0.29) is 10.6 Å². The summed E-state index contributed by atoms with van der Waals surface area (Å²) in [5.74, 6) is -0.146. The van der Waals surface area contributed by atoms with Gasteiger partial charge in [0.1, 0.15) is 16.5 Å². The van der Waals surface area contributed by atoms with Crippen molar-refractivity contribution < 1.29 is 17.5 Å². The fraction of sp³-hybridized carbons (Fsp3) is 0.200. The Kier molecular flexibility index (Phi) is 4.18. The van der Waals surface area contributed by atoms with Crippen LogP contribution in [0, 0.1) is 12.7 Å². The standard InChI is InChI=1S/C15H16FNO3S/c1-11-4-9-14(20-3)15(10-11)21(18,19)17(2)13-7-5-12(16)6-8-13/h4-10H,1-3H3. The van der Waals surface area contributed by atoms with Gasteiger partial charge in [0.25, 0.3) is 10.0 Å². The van der Waals surface area contributed by atoms with Crippen molar-refractivity contribution in [2.24, 2.45) is 0 Å². The van der Waals surface area contributed by atoms with Gasteiger partial charge in [0.05, 0.1) is 12.8 Å². The zero-order valence-corrected chi connectivity index (χ0v) is 12.8. The minimum Gasteiger partial charge on any atom is -0.495 e. The number of methoxy groups -OCH3 is 1. The number of sulfonamides is 1. The third kappa shape index (κ3) is 3.00. The molecule has 0 amide bonds. The molecule has 0 saturated carbocycles. The normalized spacial score (nSPS) is 11.2. The molecular weight excluding hydrogens is 293 g/mol. The summed E-state index contributed by atoms with van der Waals surface area (Å²) in [6.07, 6.45) is 0. The molecule has 0 aliphatic rings. The molecule has 0 fully saturated rings. The van der Waals surface area contributed by atoms with Crippen LogP contribution in [0.5, 0.6) is 5.75 Å². The predicted molar refractivity (Wildman–Crippen MR) is 79.7 cm³/mol. The van der Waals surface area contributed by atoms with Gasteiger partial charge >= 0.3 is 0 Å². The van der Waals surface area contributed by atoms with Crippen LogP contribution in [0.1, 0.15) is 5.56 Å². The van der Waals surface area contributed by atoms with Gasteiger partial charge in [-0.3, -0.25) is 4.31 Å². The van der Waals surface area contributed by atoms with Gasteiger partial charge in [-0.2, -0.15) is 0 Å². The molecule has 0 saturated heterocycles. The summed E-state index contributed by atoms with van der Waals surface area (Å²) in [5.41, 5.74) is 1.18. The first-order valence-corrected chi connectivity index (χ1v) is 7.69. The summed E-state index contributed by atoms with van der Waals surface area (Å²) < 4.78 is 44.6. The monoisotopic (exact) mass is 309 g/mol. The van der Waals surface area contributed by atoms with Crippen LogP contribution < -0.4 is 9.04 Å². The molecule has 6 heteroatoms. The highest BCUT2D eigenvalue weighted by atomic mass is 32.2. The third-order valence-corrected chi connectivity index (χ3v) is 4.95. The zero-order valence-electron chi connectivity index (χ0n) is 12.0. The van der Waals surface area contributed by atoms with E-state index in [1.165, 1.54) is 38.4 Å². The molecular formula is C15H16FNO3S. The molecule has 0 aliphatic carbocycles. The number of rotatable bonds is 4. The van der Waals surface area contributed by atoms with E-state index in [4.69, 9.17) is 4.74 Å². The van der Waals surface area contributed by atoms with Crippen LogP contribution in [0.2, 0.25) is 0 Å². The van der Waals surface area contributed by atoms with E-state index in [1.807, 2.05) is 0 Å². The number of hydrogen-bond donors (Lipinski definition) is 0. The van der Waals surface area contributed by atoms with Gasteiger partial charge in [-0.15, -0.1) is 0 Å². The van der Waals surface area contributed by atoms with Gasteiger partial charge in [0, 0.05) is 7.05 Å². The highest BCUT2D eigenvalue weighted by Gasteiger charge is 2.25. The lowest BCUT2D eigenvalue weighted by molar-refractivity contribution is 0.402. The SMILES string of the molecule is COc1ccc(C)cc1S(=O)(=O)N(C)c1ccc(F)cc1.